The van der Waals surface area contributed by atoms with Gasteiger partial charge in [-0.2, -0.15) is 0 Å². The van der Waals surface area contributed by atoms with Crippen LogP contribution in [0.3, 0.4) is 0 Å². The number of carbonyl (C=O) groups excluding carboxylic acids is 4. The number of carbonyl (C=O) groups is 4. The number of benzene rings is 2. The molecule has 0 N–H and O–H groups in total. The monoisotopic (exact) mass is 437 g/mol. The van der Waals surface area contributed by atoms with Gasteiger partial charge in [-0.3, -0.25) is 29.4 Å². The van der Waals surface area contributed by atoms with Crippen molar-refractivity contribution in [2.45, 2.75) is 25.8 Å². The van der Waals surface area contributed by atoms with Gasteiger partial charge in [-0.1, -0.05) is 12.1 Å². The van der Waals surface area contributed by atoms with E-state index in [1.54, 1.807) is 12.1 Å². The quantitative estimate of drug-likeness (QED) is 0.303. The highest BCUT2D eigenvalue weighted by molar-refractivity contribution is 6.22. The summed E-state index contributed by atoms with van der Waals surface area (Å²) >= 11 is 0. The first-order valence-corrected chi connectivity index (χ1v) is 10.0. The van der Waals surface area contributed by atoms with Gasteiger partial charge in [-0.25, -0.2) is 4.79 Å². The Hall–Kier alpha value is -4.08. The third-order valence-corrected chi connectivity index (χ3v) is 5.59. The van der Waals surface area contributed by atoms with Crippen molar-refractivity contribution in [1.29, 1.82) is 0 Å². The number of non-ortho nitro benzene ring substituents is 1. The van der Waals surface area contributed by atoms with Crippen LogP contribution in [0.2, 0.25) is 0 Å². The molecule has 0 radical (unpaired) electrons. The van der Waals surface area contributed by atoms with Crippen molar-refractivity contribution in [1.82, 2.24) is 4.90 Å². The van der Waals surface area contributed by atoms with Crippen LogP contribution in [-0.4, -0.2) is 52.7 Å². The molecule has 0 saturated carbocycles. The lowest BCUT2D eigenvalue weighted by molar-refractivity contribution is -0.384. The molecule has 4 rings (SSSR count). The highest BCUT2D eigenvalue weighted by Gasteiger charge is 2.41. The van der Waals surface area contributed by atoms with E-state index in [9.17, 15) is 29.3 Å². The van der Waals surface area contributed by atoms with Crippen LogP contribution in [0, 0.1) is 10.1 Å². The smallest absolute Gasteiger partial charge is 0.329 e. The first-order valence-electron chi connectivity index (χ1n) is 10.0. The van der Waals surface area contributed by atoms with Crippen molar-refractivity contribution < 1.29 is 28.8 Å². The van der Waals surface area contributed by atoms with Gasteiger partial charge in [-0.05, 0) is 43.5 Å². The summed E-state index contributed by atoms with van der Waals surface area (Å²) in [6, 6.07) is 9.33. The number of rotatable bonds is 5. The molecular formula is C22H19N3O7. The number of anilines is 1. The van der Waals surface area contributed by atoms with Gasteiger partial charge >= 0.3 is 5.97 Å². The van der Waals surface area contributed by atoms with Gasteiger partial charge in [-0.15, -0.1) is 0 Å². The summed E-state index contributed by atoms with van der Waals surface area (Å²) in [5.41, 5.74) is 1.58. The van der Waals surface area contributed by atoms with E-state index < -0.39 is 41.3 Å². The number of esters is 1. The third kappa shape index (κ3) is 3.59. The number of fused-ring (bicyclic) bond motifs is 2. The second-order valence-corrected chi connectivity index (χ2v) is 7.53. The normalized spacial score (nSPS) is 15.8. The van der Waals surface area contributed by atoms with Crippen LogP contribution in [0.5, 0.6) is 0 Å². The van der Waals surface area contributed by atoms with Crippen LogP contribution in [0.15, 0.2) is 42.5 Å². The number of hydrogen-bond acceptors (Lipinski definition) is 7. The zero-order valence-corrected chi connectivity index (χ0v) is 17.1. The summed E-state index contributed by atoms with van der Waals surface area (Å²) in [4.78, 5) is 63.0. The van der Waals surface area contributed by atoms with E-state index in [1.165, 1.54) is 42.2 Å². The SMILES string of the molecule is CC(C(=O)OCC(=O)N1CCCc2cc([N+](=O)[O-])ccc21)N1C(=O)c2ccccc2C1=O. The number of nitro benzene ring substituents is 1. The average Bonchev–Trinajstić information content (AvgIpc) is 3.06. The molecule has 2 aliphatic heterocycles. The average molecular weight is 437 g/mol. The predicted octanol–water partition coefficient (Wildman–Crippen LogP) is 2.10. The van der Waals surface area contributed by atoms with Crippen LogP contribution in [-0.2, 0) is 20.7 Å². The number of ether oxygens (including phenoxy) is 1. The van der Waals surface area contributed by atoms with Crippen molar-refractivity contribution in [2.24, 2.45) is 0 Å². The van der Waals surface area contributed by atoms with Crippen LogP contribution >= 0.6 is 0 Å². The molecule has 164 valence electrons. The first-order chi connectivity index (χ1) is 15.3. The Bertz CT molecular complexity index is 1120. The Labute approximate surface area is 182 Å². The maximum atomic E-state index is 12.7. The fraction of sp³-hybridized carbons (Fsp3) is 0.273. The number of amides is 3. The van der Waals surface area contributed by atoms with Gasteiger partial charge in [0, 0.05) is 24.4 Å². The van der Waals surface area contributed by atoms with E-state index >= 15 is 0 Å². The highest BCUT2D eigenvalue weighted by atomic mass is 16.6. The van der Waals surface area contributed by atoms with Crippen molar-refractivity contribution in [2.75, 3.05) is 18.1 Å². The third-order valence-electron chi connectivity index (χ3n) is 5.59. The minimum Gasteiger partial charge on any atom is -0.454 e. The Kier molecular flexibility index (Phi) is 5.43. The number of nitrogens with zero attached hydrogens (tertiary/aromatic N) is 3. The minimum atomic E-state index is -1.20. The molecule has 0 spiro atoms. The molecule has 1 atom stereocenters. The molecule has 3 amide bonds. The molecule has 2 aliphatic rings. The molecule has 0 fully saturated rings. The van der Waals surface area contributed by atoms with Crippen molar-refractivity contribution in [3.05, 3.63) is 69.3 Å². The molecule has 0 aromatic heterocycles. The van der Waals surface area contributed by atoms with Crippen molar-refractivity contribution >= 4 is 35.1 Å². The molecular weight excluding hydrogens is 418 g/mol. The minimum absolute atomic E-state index is 0.0563. The summed E-state index contributed by atoms with van der Waals surface area (Å²) < 4.78 is 5.12. The standard InChI is InChI=1S/C22H19N3O7/c1-13(24-20(27)16-6-2-3-7-17(16)21(24)28)22(29)32-12-19(26)23-10-4-5-14-11-15(25(30)31)8-9-18(14)23/h2-3,6-9,11,13H,4-5,10,12H2,1H3. The highest BCUT2D eigenvalue weighted by Crippen LogP contribution is 2.30. The number of aryl methyl sites for hydroxylation is 1. The van der Waals surface area contributed by atoms with Gasteiger partial charge in [0.25, 0.3) is 23.4 Å². The summed E-state index contributed by atoms with van der Waals surface area (Å²) in [5, 5.41) is 11.0. The van der Waals surface area contributed by atoms with E-state index in [0.717, 1.165) is 4.90 Å². The van der Waals surface area contributed by atoms with Gasteiger partial charge in [0.2, 0.25) is 0 Å². The van der Waals surface area contributed by atoms with E-state index in [-0.39, 0.29) is 16.8 Å². The number of imide groups is 1. The largest absolute Gasteiger partial charge is 0.454 e. The van der Waals surface area contributed by atoms with Crippen molar-refractivity contribution in [3.63, 3.8) is 0 Å². The van der Waals surface area contributed by atoms with E-state index in [0.29, 0.717) is 30.6 Å². The van der Waals surface area contributed by atoms with Gasteiger partial charge in [0.15, 0.2) is 6.61 Å². The molecule has 2 aromatic carbocycles. The Balaban J connectivity index is 1.42. The summed E-state index contributed by atoms with van der Waals surface area (Å²) in [6.07, 6.45) is 1.21. The van der Waals surface area contributed by atoms with E-state index in [2.05, 4.69) is 0 Å². The van der Waals surface area contributed by atoms with Crippen LogP contribution in [0.25, 0.3) is 0 Å². The maximum Gasteiger partial charge on any atom is 0.329 e. The molecule has 10 heteroatoms. The lowest BCUT2D eigenvalue weighted by Gasteiger charge is -2.29. The fourth-order valence-electron chi connectivity index (χ4n) is 3.95. The van der Waals surface area contributed by atoms with Crippen molar-refractivity contribution in [3.8, 4) is 0 Å². The molecule has 0 bridgehead atoms. The van der Waals surface area contributed by atoms with Gasteiger partial charge < -0.3 is 9.64 Å². The summed E-state index contributed by atoms with van der Waals surface area (Å²) in [6.45, 7) is 1.17. The molecule has 2 heterocycles. The Morgan fingerprint density at radius 3 is 2.41 bits per heavy atom. The van der Waals surface area contributed by atoms with Crippen LogP contribution < -0.4 is 4.90 Å². The molecule has 32 heavy (non-hydrogen) atoms. The molecule has 10 nitrogen and oxygen atoms in total. The lowest BCUT2D eigenvalue weighted by Crippen LogP contribution is -2.45. The second-order valence-electron chi connectivity index (χ2n) is 7.53. The predicted molar refractivity (Wildman–Crippen MR) is 111 cm³/mol. The van der Waals surface area contributed by atoms with E-state index in [1.807, 2.05) is 0 Å². The topological polar surface area (TPSA) is 127 Å². The summed E-state index contributed by atoms with van der Waals surface area (Å²) in [7, 11) is 0. The molecule has 2 aromatic rings. The molecule has 0 saturated heterocycles. The molecule has 1 unspecified atom stereocenters. The fourth-order valence-corrected chi connectivity index (χ4v) is 3.95. The molecule has 0 aliphatic carbocycles. The second kappa shape index (κ2) is 8.22. The first kappa shape index (κ1) is 21.2. The zero-order chi connectivity index (χ0) is 23.0. The van der Waals surface area contributed by atoms with Crippen LogP contribution in [0.4, 0.5) is 11.4 Å². The summed E-state index contributed by atoms with van der Waals surface area (Å²) in [5.74, 6) is -2.56. The van der Waals surface area contributed by atoms with Gasteiger partial charge in [0.05, 0.1) is 16.1 Å². The van der Waals surface area contributed by atoms with Crippen LogP contribution in [0.1, 0.15) is 39.6 Å². The Morgan fingerprint density at radius 1 is 1.12 bits per heavy atom. The Morgan fingerprint density at radius 2 is 1.78 bits per heavy atom. The zero-order valence-electron chi connectivity index (χ0n) is 17.1. The van der Waals surface area contributed by atoms with E-state index in [4.69, 9.17) is 4.74 Å². The van der Waals surface area contributed by atoms with Gasteiger partial charge in [0.1, 0.15) is 6.04 Å². The lowest BCUT2D eigenvalue weighted by atomic mass is 10.0. The number of hydrogen-bond donors (Lipinski definition) is 0. The maximum absolute atomic E-state index is 12.7. The number of nitro groups is 1.